The Kier molecular flexibility index (Phi) is 11.2. The van der Waals surface area contributed by atoms with E-state index in [1.54, 1.807) is 66.7 Å². The molecule has 230 valence electrons. The first-order valence-corrected chi connectivity index (χ1v) is 16.4. The Morgan fingerprint density at radius 1 is 0.818 bits per heavy atom. The smallest absolute Gasteiger partial charge is 0.264 e. The molecule has 0 saturated carbocycles. The summed E-state index contributed by atoms with van der Waals surface area (Å²) < 4.78 is 29.2. The van der Waals surface area contributed by atoms with Crippen molar-refractivity contribution in [1.29, 1.82) is 0 Å². The van der Waals surface area contributed by atoms with Gasteiger partial charge in [-0.15, -0.1) is 0 Å². The number of hydrogen-bond donors (Lipinski definition) is 1. The van der Waals surface area contributed by atoms with E-state index in [0.717, 1.165) is 21.0 Å². The molecular weight excluding hydrogens is 594 g/mol. The van der Waals surface area contributed by atoms with Gasteiger partial charge in [-0.2, -0.15) is 0 Å². The van der Waals surface area contributed by atoms with Gasteiger partial charge in [-0.1, -0.05) is 96.9 Å². The van der Waals surface area contributed by atoms with Gasteiger partial charge in [0.05, 0.1) is 10.6 Å². The lowest BCUT2D eigenvalue weighted by Gasteiger charge is -2.34. The van der Waals surface area contributed by atoms with E-state index in [1.165, 1.54) is 17.0 Å². The predicted octanol–water partition coefficient (Wildman–Crippen LogP) is 6.40. The van der Waals surface area contributed by atoms with Crippen molar-refractivity contribution in [3.05, 3.63) is 131 Å². The quantitative estimate of drug-likeness (QED) is 0.185. The second-order valence-corrected chi connectivity index (χ2v) is 13.1. The van der Waals surface area contributed by atoms with Crippen molar-refractivity contribution >= 4 is 39.1 Å². The zero-order valence-electron chi connectivity index (χ0n) is 25.2. The fraction of sp³-hybridized carbons (Fsp3) is 0.257. The van der Waals surface area contributed by atoms with Crippen LogP contribution in [-0.4, -0.2) is 43.8 Å². The standard InChI is InChI=1S/C35H38ClN3O4S/c1-4-27(3)37-35(41)33(23-28-11-7-5-8-12-28)38(24-29-17-19-30(36)20-18-29)34(40)25-39(31-13-9-6-10-14-31)44(42,43)32-21-15-26(2)16-22-32/h5-22,27,33H,4,23-25H2,1-3H3,(H,37,41)/t27-,33+/m1/s1. The van der Waals surface area contributed by atoms with Crippen molar-refractivity contribution in [2.24, 2.45) is 0 Å². The summed E-state index contributed by atoms with van der Waals surface area (Å²) >= 11 is 6.14. The number of aryl methyl sites for hydroxylation is 1. The van der Waals surface area contributed by atoms with Gasteiger partial charge < -0.3 is 10.2 Å². The third-order valence-corrected chi connectivity index (χ3v) is 9.51. The molecule has 4 aromatic rings. The van der Waals surface area contributed by atoms with E-state index in [0.29, 0.717) is 17.1 Å². The third-order valence-electron chi connectivity index (χ3n) is 7.47. The van der Waals surface area contributed by atoms with E-state index in [2.05, 4.69) is 5.32 Å². The molecule has 1 N–H and O–H groups in total. The van der Waals surface area contributed by atoms with Crippen LogP contribution in [-0.2, 0) is 32.6 Å². The van der Waals surface area contributed by atoms with Gasteiger partial charge in [0.15, 0.2) is 0 Å². The molecule has 0 heterocycles. The number of benzene rings is 4. The highest BCUT2D eigenvalue weighted by atomic mass is 35.5. The summed E-state index contributed by atoms with van der Waals surface area (Å²) in [7, 11) is -4.14. The van der Waals surface area contributed by atoms with Gasteiger partial charge in [-0.25, -0.2) is 8.42 Å². The summed E-state index contributed by atoms with van der Waals surface area (Å²) in [5.74, 6) is -0.821. The molecule has 2 amide bonds. The van der Waals surface area contributed by atoms with Crippen molar-refractivity contribution in [2.45, 2.75) is 57.1 Å². The number of nitrogens with one attached hydrogen (secondary N) is 1. The normalized spacial score (nSPS) is 12.6. The lowest BCUT2D eigenvalue weighted by molar-refractivity contribution is -0.140. The van der Waals surface area contributed by atoms with Crippen LogP contribution < -0.4 is 9.62 Å². The highest BCUT2D eigenvalue weighted by molar-refractivity contribution is 7.92. The number of sulfonamides is 1. The molecule has 4 aromatic carbocycles. The highest BCUT2D eigenvalue weighted by Crippen LogP contribution is 2.25. The van der Waals surface area contributed by atoms with E-state index < -0.39 is 28.5 Å². The van der Waals surface area contributed by atoms with Crippen LogP contribution in [0, 0.1) is 6.92 Å². The first-order valence-electron chi connectivity index (χ1n) is 14.6. The number of carbonyl (C=O) groups is 2. The number of nitrogens with zero attached hydrogens (tertiary/aromatic N) is 2. The zero-order valence-corrected chi connectivity index (χ0v) is 26.8. The second-order valence-electron chi connectivity index (χ2n) is 10.8. The lowest BCUT2D eigenvalue weighted by atomic mass is 10.0. The molecule has 0 aliphatic rings. The van der Waals surface area contributed by atoms with E-state index in [-0.39, 0.29) is 29.8 Å². The molecule has 7 nitrogen and oxygen atoms in total. The van der Waals surface area contributed by atoms with Gasteiger partial charge in [-0.3, -0.25) is 13.9 Å². The third kappa shape index (κ3) is 8.49. The van der Waals surface area contributed by atoms with Gasteiger partial charge in [0.25, 0.3) is 10.0 Å². The summed E-state index contributed by atoms with van der Waals surface area (Å²) in [5.41, 5.74) is 2.88. The molecular formula is C35H38ClN3O4S. The highest BCUT2D eigenvalue weighted by Gasteiger charge is 2.34. The van der Waals surface area contributed by atoms with Gasteiger partial charge in [0.1, 0.15) is 12.6 Å². The van der Waals surface area contributed by atoms with Crippen LogP contribution in [0.1, 0.15) is 37.0 Å². The minimum Gasteiger partial charge on any atom is -0.352 e. The van der Waals surface area contributed by atoms with Gasteiger partial charge >= 0.3 is 0 Å². The number of halogens is 1. The maximum absolute atomic E-state index is 14.4. The average Bonchev–Trinajstić information content (AvgIpc) is 3.03. The van der Waals surface area contributed by atoms with Crippen molar-refractivity contribution in [3.8, 4) is 0 Å². The van der Waals surface area contributed by atoms with Crippen LogP contribution in [0.2, 0.25) is 5.02 Å². The largest absolute Gasteiger partial charge is 0.352 e. The molecule has 0 aromatic heterocycles. The van der Waals surface area contributed by atoms with Crippen molar-refractivity contribution in [3.63, 3.8) is 0 Å². The van der Waals surface area contributed by atoms with Gasteiger partial charge in [-0.05, 0) is 67.8 Å². The first-order chi connectivity index (χ1) is 21.1. The van der Waals surface area contributed by atoms with Gasteiger partial charge in [0.2, 0.25) is 11.8 Å². The first kappa shape index (κ1) is 32.8. The zero-order chi connectivity index (χ0) is 31.7. The van der Waals surface area contributed by atoms with Crippen molar-refractivity contribution in [2.75, 3.05) is 10.8 Å². The Hall–Kier alpha value is -4.14. The Balaban J connectivity index is 1.78. The van der Waals surface area contributed by atoms with Crippen LogP contribution in [0.25, 0.3) is 0 Å². The van der Waals surface area contributed by atoms with Crippen LogP contribution in [0.15, 0.2) is 114 Å². The van der Waals surface area contributed by atoms with Crippen molar-refractivity contribution in [1.82, 2.24) is 10.2 Å². The molecule has 0 spiro atoms. The Labute approximate surface area is 265 Å². The Morgan fingerprint density at radius 3 is 2.00 bits per heavy atom. The van der Waals surface area contributed by atoms with Crippen LogP contribution in [0.5, 0.6) is 0 Å². The molecule has 0 fully saturated rings. The maximum atomic E-state index is 14.4. The SMILES string of the molecule is CC[C@@H](C)NC(=O)[C@H](Cc1ccccc1)N(Cc1ccc(Cl)cc1)C(=O)CN(c1ccccc1)S(=O)(=O)c1ccc(C)cc1. The number of hydrogen-bond acceptors (Lipinski definition) is 4. The molecule has 0 aliphatic heterocycles. The van der Waals surface area contributed by atoms with E-state index in [9.17, 15) is 18.0 Å². The molecule has 0 saturated heterocycles. The number of carbonyl (C=O) groups excluding carboxylic acids is 2. The Bertz CT molecular complexity index is 1630. The minimum absolute atomic E-state index is 0.0688. The Morgan fingerprint density at radius 2 is 1.41 bits per heavy atom. The summed E-state index contributed by atoms with van der Waals surface area (Å²) in [4.78, 5) is 29.8. The minimum atomic E-state index is -4.14. The second kappa shape index (κ2) is 15.0. The van der Waals surface area contributed by atoms with E-state index in [1.807, 2.05) is 51.1 Å². The summed E-state index contributed by atoms with van der Waals surface area (Å²) in [6, 6.07) is 30.6. The fourth-order valence-corrected chi connectivity index (χ4v) is 6.28. The van der Waals surface area contributed by atoms with Crippen LogP contribution >= 0.6 is 11.6 Å². The van der Waals surface area contributed by atoms with Crippen LogP contribution in [0.3, 0.4) is 0 Å². The molecule has 0 bridgehead atoms. The maximum Gasteiger partial charge on any atom is 0.264 e. The molecule has 4 rings (SSSR count). The molecule has 9 heteroatoms. The number of amides is 2. The summed E-state index contributed by atoms with van der Waals surface area (Å²) in [6.45, 7) is 5.33. The number of rotatable bonds is 13. The topological polar surface area (TPSA) is 86.8 Å². The van der Waals surface area contributed by atoms with Crippen molar-refractivity contribution < 1.29 is 18.0 Å². The van der Waals surface area contributed by atoms with E-state index >= 15 is 0 Å². The molecule has 0 unspecified atom stereocenters. The lowest BCUT2D eigenvalue weighted by Crippen LogP contribution is -2.54. The molecule has 0 radical (unpaired) electrons. The number of anilines is 1. The van der Waals surface area contributed by atoms with Gasteiger partial charge in [0, 0.05) is 24.0 Å². The van der Waals surface area contributed by atoms with Crippen LogP contribution in [0.4, 0.5) is 5.69 Å². The summed E-state index contributed by atoms with van der Waals surface area (Å²) in [6.07, 6.45) is 0.962. The van der Waals surface area contributed by atoms with E-state index in [4.69, 9.17) is 11.6 Å². The molecule has 2 atom stereocenters. The number of para-hydroxylation sites is 1. The average molecular weight is 632 g/mol. The predicted molar refractivity (Wildman–Crippen MR) is 176 cm³/mol. The molecule has 0 aliphatic carbocycles. The fourth-order valence-electron chi connectivity index (χ4n) is 4.74. The monoisotopic (exact) mass is 631 g/mol. The molecule has 44 heavy (non-hydrogen) atoms. The summed E-state index contributed by atoms with van der Waals surface area (Å²) in [5, 5.41) is 3.58.